The Labute approximate surface area is 155 Å². The van der Waals surface area contributed by atoms with Crippen LogP contribution in [0, 0.1) is 10.7 Å². The van der Waals surface area contributed by atoms with Crippen molar-refractivity contribution >= 4 is 41.3 Å². The van der Waals surface area contributed by atoms with Crippen LogP contribution in [0.4, 0.5) is 0 Å². The Morgan fingerprint density at radius 2 is 2.21 bits per heavy atom. The molecule has 0 spiro atoms. The maximum Gasteiger partial charge on any atom is 0.253 e. The van der Waals surface area contributed by atoms with Crippen LogP contribution in [0.25, 0.3) is 0 Å². The van der Waals surface area contributed by atoms with Crippen molar-refractivity contribution in [2.75, 3.05) is 0 Å². The van der Waals surface area contributed by atoms with E-state index in [2.05, 4.69) is 22.1 Å². The lowest BCUT2D eigenvalue weighted by atomic mass is 10.0. The molecule has 0 saturated heterocycles. The highest BCUT2D eigenvalue weighted by Gasteiger charge is 2.25. The van der Waals surface area contributed by atoms with Crippen LogP contribution in [-0.4, -0.2) is 20.7 Å². The summed E-state index contributed by atoms with van der Waals surface area (Å²) >= 11 is 17.2. The van der Waals surface area contributed by atoms with Crippen LogP contribution in [0.3, 0.4) is 0 Å². The molecule has 1 aromatic carbocycles. The highest BCUT2D eigenvalue weighted by Crippen LogP contribution is 2.24. The fourth-order valence-electron chi connectivity index (χ4n) is 2.29. The molecule has 0 aliphatic heterocycles. The molecule has 0 aliphatic carbocycles. The quantitative estimate of drug-likeness (QED) is 0.566. The standard InChI is InChI=1S/C16H18Cl2N4OS/c1-4-7-22-14(20-21-16(22)24)13(9(2)3)19-15(23)11-6-5-10(17)8-12(11)18/h4-6,8-9,13H,1,7H2,2-3H3,(H,19,23)(H,21,24)/t13-/m0/s1. The zero-order valence-electron chi connectivity index (χ0n) is 13.3. The summed E-state index contributed by atoms with van der Waals surface area (Å²) in [6, 6.07) is 4.42. The number of halogens is 2. The summed E-state index contributed by atoms with van der Waals surface area (Å²) in [5.74, 6) is 0.441. The summed E-state index contributed by atoms with van der Waals surface area (Å²) in [5.41, 5.74) is 0.358. The van der Waals surface area contributed by atoms with E-state index in [0.717, 1.165) is 0 Å². The molecule has 5 nitrogen and oxygen atoms in total. The van der Waals surface area contributed by atoms with Gasteiger partial charge in [-0.15, -0.1) is 6.58 Å². The molecule has 1 amide bonds. The molecule has 0 saturated carbocycles. The molecule has 0 fully saturated rings. The van der Waals surface area contributed by atoms with E-state index >= 15 is 0 Å². The lowest BCUT2D eigenvalue weighted by Crippen LogP contribution is -2.34. The first kappa shape index (κ1) is 18.7. The molecule has 2 N–H and O–H groups in total. The van der Waals surface area contributed by atoms with Crippen molar-refractivity contribution in [1.82, 2.24) is 20.1 Å². The maximum absolute atomic E-state index is 12.6. The number of nitrogens with one attached hydrogen (secondary N) is 2. The monoisotopic (exact) mass is 384 g/mol. The Bertz CT molecular complexity index is 813. The minimum absolute atomic E-state index is 0.0915. The van der Waals surface area contributed by atoms with Gasteiger partial charge in [-0.2, -0.15) is 5.10 Å². The molecule has 0 unspecified atom stereocenters. The topological polar surface area (TPSA) is 62.7 Å². The third kappa shape index (κ3) is 4.06. The van der Waals surface area contributed by atoms with E-state index in [-0.39, 0.29) is 17.9 Å². The van der Waals surface area contributed by atoms with Crippen LogP contribution >= 0.6 is 35.4 Å². The van der Waals surface area contributed by atoms with Crippen LogP contribution in [0.15, 0.2) is 30.9 Å². The molecular formula is C16H18Cl2N4OS. The molecule has 2 aromatic rings. The predicted octanol–water partition coefficient (Wildman–Crippen LogP) is 4.56. The number of hydrogen-bond donors (Lipinski definition) is 2. The van der Waals surface area contributed by atoms with Crippen LogP contribution in [-0.2, 0) is 6.54 Å². The van der Waals surface area contributed by atoms with Gasteiger partial charge in [-0.05, 0) is 36.3 Å². The van der Waals surface area contributed by atoms with E-state index in [1.165, 1.54) is 6.07 Å². The van der Waals surface area contributed by atoms with Crippen molar-refractivity contribution in [3.63, 3.8) is 0 Å². The number of rotatable bonds is 6. The lowest BCUT2D eigenvalue weighted by molar-refractivity contribution is 0.0922. The van der Waals surface area contributed by atoms with E-state index in [4.69, 9.17) is 35.4 Å². The van der Waals surface area contributed by atoms with E-state index in [1.54, 1.807) is 22.8 Å². The van der Waals surface area contributed by atoms with Crippen molar-refractivity contribution in [2.45, 2.75) is 26.4 Å². The molecule has 128 valence electrons. The van der Waals surface area contributed by atoms with Gasteiger partial charge in [-0.25, -0.2) is 0 Å². The highest BCUT2D eigenvalue weighted by atomic mass is 35.5. The number of carbonyl (C=O) groups is 1. The van der Waals surface area contributed by atoms with E-state index in [9.17, 15) is 4.79 Å². The largest absolute Gasteiger partial charge is 0.342 e. The van der Waals surface area contributed by atoms with Gasteiger partial charge in [0.1, 0.15) is 0 Å². The minimum Gasteiger partial charge on any atom is -0.342 e. The minimum atomic E-state index is -0.336. The SMILES string of the molecule is C=CCn1c([C@@H](NC(=O)c2ccc(Cl)cc2Cl)C(C)C)n[nH]c1=S. The molecule has 0 aliphatic rings. The van der Waals surface area contributed by atoms with Crippen molar-refractivity contribution in [3.8, 4) is 0 Å². The molecular weight excluding hydrogens is 367 g/mol. The van der Waals surface area contributed by atoms with E-state index in [1.807, 2.05) is 13.8 Å². The van der Waals surface area contributed by atoms with Gasteiger partial charge in [-0.1, -0.05) is 43.1 Å². The Balaban J connectivity index is 2.34. The summed E-state index contributed by atoms with van der Waals surface area (Å²) in [6.07, 6.45) is 1.73. The summed E-state index contributed by atoms with van der Waals surface area (Å²) in [7, 11) is 0. The van der Waals surface area contributed by atoms with Crippen LogP contribution < -0.4 is 5.32 Å². The zero-order chi connectivity index (χ0) is 17.9. The van der Waals surface area contributed by atoms with Crippen molar-refractivity contribution in [1.29, 1.82) is 0 Å². The van der Waals surface area contributed by atoms with Crippen LogP contribution in [0.1, 0.15) is 36.1 Å². The third-order valence-electron chi connectivity index (χ3n) is 3.51. The van der Waals surface area contributed by atoms with Crippen molar-refractivity contribution < 1.29 is 4.79 Å². The summed E-state index contributed by atoms with van der Waals surface area (Å²) < 4.78 is 2.28. The Morgan fingerprint density at radius 1 is 1.50 bits per heavy atom. The van der Waals surface area contributed by atoms with Gasteiger partial charge in [0.25, 0.3) is 5.91 Å². The molecule has 0 radical (unpaired) electrons. The second-order valence-corrected chi connectivity index (χ2v) is 6.84. The molecule has 1 heterocycles. The Hall–Kier alpha value is -1.63. The molecule has 1 atom stereocenters. The molecule has 1 aromatic heterocycles. The first-order valence-electron chi connectivity index (χ1n) is 7.37. The molecule has 0 bridgehead atoms. The van der Waals surface area contributed by atoms with Crippen molar-refractivity contribution in [3.05, 3.63) is 57.1 Å². The van der Waals surface area contributed by atoms with Gasteiger partial charge in [0, 0.05) is 11.6 Å². The fourth-order valence-corrected chi connectivity index (χ4v) is 3.00. The number of amides is 1. The summed E-state index contributed by atoms with van der Waals surface area (Å²) in [6.45, 7) is 8.21. The van der Waals surface area contributed by atoms with Gasteiger partial charge < -0.3 is 5.32 Å². The normalized spacial score (nSPS) is 12.2. The smallest absolute Gasteiger partial charge is 0.253 e. The number of carbonyl (C=O) groups excluding carboxylic acids is 1. The molecule has 24 heavy (non-hydrogen) atoms. The maximum atomic E-state index is 12.6. The highest BCUT2D eigenvalue weighted by molar-refractivity contribution is 7.71. The number of H-pyrrole nitrogens is 1. The number of aromatic nitrogens is 3. The number of nitrogens with zero attached hydrogens (tertiary/aromatic N) is 2. The predicted molar refractivity (Wildman–Crippen MR) is 99.1 cm³/mol. The van der Waals surface area contributed by atoms with Gasteiger partial charge >= 0.3 is 0 Å². The average Bonchev–Trinajstić information content (AvgIpc) is 2.86. The molecule has 2 rings (SSSR count). The second kappa shape index (κ2) is 7.96. The average molecular weight is 385 g/mol. The third-order valence-corrected chi connectivity index (χ3v) is 4.37. The van der Waals surface area contributed by atoms with Gasteiger partial charge in [-0.3, -0.25) is 14.5 Å². The number of aromatic amines is 1. The van der Waals surface area contributed by atoms with Crippen LogP contribution in [0.2, 0.25) is 10.0 Å². The van der Waals surface area contributed by atoms with Gasteiger partial charge in [0.15, 0.2) is 10.6 Å². The first-order chi connectivity index (χ1) is 11.3. The first-order valence-corrected chi connectivity index (χ1v) is 8.53. The summed E-state index contributed by atoms with van der Waals surface area (Å²) in [4.78, 5) is 12.6. The molecule has 8 heteroatoms. The van der Waals surface area contributed by atoms with E-state index < -0.39 is 0 Å². The van der Waals surface area contributed by atoms with Crippen molar-refractivity contribution in [2.24, 2.45) is 5.92 Å². The van der Waals surface area contributed by atoms with Gasteiger partial charge in [0.05, 0.1) is 16.6 Å². The second-order valence-electron chi connectivity index (χ2n) is 5.61. The Morgan fingerprint density at radius 3 is 2.79 bits per heavy atom. The van der Waals surface area contributed by atoms with E-state index in [0.29, 0.717) is 32.7 Å². The fraction of sp³-hybridized carbons (Fsp3) is 0.312. The number of allylic oxidation sites excluding steroid dienone is 1. The van der Waals surface area contributed by atoms with Gasteiger partial charge in [0.2, 0.25) is 0 Å². The number of hydrogen-bond acceptors (Lipinski definition) is 3. The Kier molecular flexibility index (Phi) is 6.21. The lowest BCUT2D eigenvalue weighted by Gasteiger charge is -2.22. The number of benzene rings is 1. The zero-order valence-corrected chi connectivity index (χ0v) is 15.7. The van der Waals surface area contributed by atoms with Crippen LogP contribution in [0.5, 0.6) is 0 Å². The summed E-state index contributed by atoms with van der Waals surface area (Å²) in [5, 5.41) is 10.8.